The molecule has 1 aromatic carbocycles. The van der Waals surface area contributed by atoms with Crippen LogP contribution in [-0.2, 0) is 6.54 Å². The minimum atomic E-state index is 0.539. The van der Waals surface area contributed by atoms with Crippen molar-refractivity contribution in [3.8, 4) is 5.75 Å². The minimum Gasteiger partial charge on any atom is -0.492 e. The lowest BCUT2D eigenvalue weighted by Gasteiger charge is -2.44. The molecule has 21 heavy (non-hydrogen) atoms. The van der Waals surface area contributed by atoms with Crippen molar-refractivity contribution >= 4 is 0 Å². The molecule has 0 aliphatic carbocycles. The van der Waals surface area contributed by atoms with Gasteiger partial charge in [0.1, 0.15) is 12.4 Å². The largest absolute Gasteiger partial charge is 0.492 e. The van der Waals surface area contributed by atoms with E-state index in [1.807, 2.05) is 24.3 Å². The van der Waals surface area contributed by atoms with E-state index in [1.54, 1.807) is 0 Å². The highest BCUT2D eigenvalue weighted by molar-refractivity contribution is 5.32. The van der Waals surface area contributed by atoms with Crippen LogP contribution in [-0.4, -0.2) is 55.2 Å². The lowest BCUT2D eigenvalue weighted by atomic mass is 9.99. The van der Waals surface area contributed by atoms with Crippen molar-refractivity contribution in [2.45, 2.75) is 31.8 Å². The number of rotatable bonds is 5. The Morgan fingerprint density at radius 1 is 1.14 bits per heavy atom. The van der Waals surface area contributed by atoms with Crippen LogP contribution < -0.4 is 10.5 Å². The number of benzene rings is 1. The first kappa shape index (κ1) is 14.8. The van der Waals surface area contributed by atoms with Gasteiger partial charge in [0.25, 0.3) is 0 Å². The normalized spacial score (nSPS) is 23.8. The Labute approximate surface area is 127 Å². The van der Waals surface area contributed by atoms with E-state index in [4.69, 9.17) is 10.5 Å². The summed E-state index contributed by atoms with van der Waals surface area (Å²) in [4.78, 5) is 5.22. The summed E-state index contributed by atoms with van der Waals surface area (Å²) in [5.41, 5.74) is 6.83. The Bertz CT molecular complexity index is 451. The van der Waals surface area contributed by atoms with Gasteiger partial charge in [-0.15, -0.1) is 0 Å². The molecule has 1 aromatic rings. The fourth-order valence-corrected chi connectivity index (χ4v) is 3.52. The fraction of sp³-hybridized carbons (Fsp3) is 0.647. The van der Waals surface area contributed by atoms with Crippen molar-refractivity contribution in [3.05, 3.63) is 29.8 Å². The number of para-hydroxylation sites is 1. The van der Waals surface area contributed by atoms with Crippen molar-refractivity contribution in [2.24, 2.45) is 5.73 Å². The molecule has 0 saturated carbocycles. The second kappa shape index (κ2) is 7.25. The minimum absolute atomic E-state index is 0.539. The standard InChI is InChI=1S/C17H27N3O/c18-13-15-5-1-2-7-17(15)21-12-11-19-9-10-20-8-4-3-6-16(20)14-19/h1-2,5,7,16H,3-4,6,8-14,18H2. The first-order chi connectivity index (χ1) is 10.4. The van der Waals surface area contributed by atoms with Gasteiger partial charge in [-0.3, -0.25) is 9.80 Å². The zero-order valence-corrected chi connectivity index (χ0v) is 12.8. The average molecular weight is 289 g/mol. The summed E-state index contributed by atoms with van der Waals surface area (Å²) in [5.74, 6) is 0.941. The van der Waals surface area contributed by atoms with Crippen LogP contribution in [0.25, 0.3) is 0 Å². The van der Waals surface area contributed by atoms with Crippen molar-refractivity contribution in [1.82, 2.24) is 9.80 Å². The molecule has 1 unspecified atom stereocenters. The third-order valence-electron chi connectivity index (χ3n) is 4.78. The van der Waals surface area contributed by atoms with Gasteiger partial charge in [-0.25, -0.2) is 0 Å². The van der Waals surface area contributed by atoms with Gasteiger partial charge < -0.3 is 10.5 Å². The van der Waals surface area contributed by atoms with E-state index >= 15 is 0 Å². The zero-order valence-electron chi connectivity index (χ0n) is 12.8. The molecule has 0 aromatic heterocycles. The molecule has 2 heterocycles. The van der Waals surface area contributed by atoms with Crippen LogP contribution in [0.3, 0.4) is 0 Å². The highest BCUT2D eigenvalue weighted by atomic mass is 16.5. The van der Waals surface area contributed by atoms with Gasteiger partial charge in [-0.1, -0.05) is 24.6 Å². The summed E-state index contributed by atoms with van der Waals surface area (Å²) < 4.78 is 5.93. The molecule has 2 fully saturated rings. The number of nitrogens with zero attached hydrogens (tertiary/aromatic N) is 2. The zero-order chi connectivity index (χ0) is 14.5. The molecule has 116 valence electrons. The smallest absolute Gasteiger partial charge is 0.123 e. The van der Waals surface area contributed by atoms with Crippen molar-refractivity contribution in [2.75, 3.05) is 39.3 Å². The van der Waals surface area contributed by atoms with E-state index in [9.17, 15) is 0 Å². The van der Waals surface area contributed by atoms with Gasteiger partial charge in [0.05, 0.1) is 0 Å². The van der Waals surface area contributed by atoms with E-state index in [1.165, 1.54) is 45.4 Å². The number of fused-ring (bicyclic) bond motifs is 1. The van der Waals surface area contributed by atoms with Gasteiger partial charge in [-0.2, -0.15) is 0 Å². The molecule has 0 amide bonds. The maximum Gasteiger partial charge on any atom is 0.123 e. The molecule has 3 rings (SSSR count). The quantitative estimate of drug-likeness (QED) is 0.896. The Hall–Kier alpha value is -1.10. The van der Waals surface area contributed by atoms with Crippen LogP contribution in [0.1, 0.15) is 24.8 Å². The monoisotopic (exact) mass is 289 g/mol. The van der Waals surface area contributed by atoms with Crippen LogP contribution in [0.4, 0.5) is 0 Å². The summed E-state index contributed by atoms with van der Waals surface area (Å²) in [6.45, 7) is 7.23. The fourth-order valence-electron chi connectivity index (χ4n) is 3.52. The van der Waals surface area contributed by atoms with Crippen molar-refractivity contribution in [3.63, 3.8) is 0 Å². The van der Waals surface area contributed by atoms with Crippen LogP contribution in [0.15, 0.2) is 24.3 Å². The van der Waals surface area contributed by atoms with E-state index in [0.717, 1.165) is 30.5 Å². The summed E-state index contributed by atoms with van der Waals surface area (Å²) in [6.07, 6.45) is 4.15. The van der Waals surface area contributed by atoms with Crippen molar-refractivity contribution in [1.29, 1.82) is 0 Å². The van der Waals surface area contributed by atoms with E-state index in [-0.39, 0.29) is 0 Å². The van der Waals surface area contributed by atoms with Crippen LogP contribution in [0.2, 0.25) is 0 Å². The number of piperidine rings is 1. The van der Waals surface area contributed by atoms with Gasteiger partial charge in [0.15, 0.2) is 0 Å². The van der Waals surface area contributed by atoms with Crippen LogP contribution in [0, 0.1) is 0 Å². The maximum atomic E-state index is 5.93. The molecule has 2 aliphatic heterocycles. The van der Waals surface area contributed by atoms with Gasteiger partial charge in [0, 0.05) is 44.3 Å². The summed E-state index contributed by atoms with van der Waals surface area (Å²) in [6, 6.07) is 8.85. The number of hydrogen-bond acceptors (Lipinski definition) is 4. The summed E-state index contributed by atoms with van der Waals surface area (Å²) in [7, 11) is 0. The number of ether oxygens (including phenoxy) is 1. The molecule has 2 saturated heterocycles. The summed E-state index contributed by atoms with van der Waals surface area (Å²) in [5, 5.41) is 0. The number of piperazine rings is 1. The van der Waals surface area contributed by atoms with Crippen LogP contribution in [0.5, 0.6) is 5.75 Å². The first-order valence-electron chi connectivity index (χ1n) is 8.24. The molecule has 4 nitrogen and oxygen atoms in total. The number of hydrogen-bond donors (Lipinski definition) is 1. The van der Waals surface area contributed by atoms with Gasteiger partial charge in [0.2, 0.25) is 0 Å². The predicted octanol–water partition coefficient (Wildman–Crippen LogP) is 1.69. The lowest BCUT2D eigenvalue weighted by molar-refractivity contribution is 0.0432. The Morgan fingerprint density at radius 3 is 2.95 bits per heavy atom. The average Bonchev–Trinajstić information content (AvgIpc) is 2.55. The molecular formula is C17H27N3O. The second-order valence-corrected chi connectivity index (χ2v) is 6.15. The third-order valence-corrected chi connectivity index (χ3v) is 4.78. The Kier molecular flexibility index (Phi) is 5.12. The molecule has 0 bridgehead atoms. The SMILES string of the molecule is NCc1ccccc1OCCN1CCN2CCCCC2C1. The molecule has 2 aliphatic rings. The highest BCUT2D eigenvalue weighted by Gasteiger charge is 2.28. The first-order valence-corrected chi connectivity index (χ1v) is 8.24. The van der Waals surface area contributed by atoms with E-state index in [0.29, 0.717) is 6.54 Å². The van der Waals surface area contributed by atoms with E-state index < -0.39 is 0 Å². The molecule has 1 atom stereocenters. The molecule has 0 radical (unpaired) electrons. The molecule has 4 heteroatoms. The van der Waals surface area contributed by atoms with Gasteiger partial charge >= 0.3 is 0 Å². The predicted molar refractivity (Wildman–Crippen MR) is 85.5 cm³/mol. The Morgan fingerprint density at radius 2 is 2.05 bits per heavy atom. The topological polar surface area (TPSA) is 41.7 Å². The van der Waals surface area contributed by atoms with Gasteiger partial charge in [-0.05, 0) is 25.5 Å². The summed E-state index contributed by atoms with van der Waals surface area (Å²) >= 11 is 0. The van der Waals surface area contributed by atoms with Crippen molar-refractivity contribution < 1.29 is 4.74 Å². The number of nitrogens with two attached hydrogens (primary N) is 1. The highest BCUT2D eigenvalue weighted by Crippen LogP contribution is 2.21. The Balaban J connectivity index is 1.45. The second-order valence-electron chi connectivity index (χ2n) is 6.15. The maximum absolute atomic E-state index is 5.93. The molecule has 2 N–H and O–H groups in total. The third kappa shape index (κ3) is 3.76. The van der Waals surface area contributed by atoms with E-state index in [2.05, 4.69) is 9.80 Å². The lowest BCUT2D eigenvalue weighted by Crippen LogP contribution is -2.55. The molecule has 0 spiro atoms. The molecular weight excluding hydrogens is 262 g/mol. The van der Waals surface area contributed by atoms with Crippen LogP contribution >= 0.6 is 0 Å².